The fourth-order valence-corrected chi connectivity index (χ4v) is 1.78. The molecule has 1 saturated carbocycles. The number of aromatic hydroxyl groups is 1. The van der Waals surface area contributed by atoms with E-state index in [0.717, 1.165) is 0 Å². The van der Waals surface area contributed by atoms with Gasteiger partial charge in [-0.05, 0) is 31.4 Å². The lowest BCUT2D eigenvalue weighted by Gasteiger charge is -2.15. The molecule has 2 N–H and O–H groups in total. The minimum atomic E-state index is -0.950. The fraction of sp³-hybridized carbons (Fsp3) is 0.455. The number of phenols is 1. The maximum absolute atomic E-state index is 13.5. The van der Waals surface area contributed by atoms with E-state index >= 15 is 0 Å². The lowest BCUT2D eigenvalue weighted by molar-refractivity contribution is 0.149. The van der Waals surface area contributed by atoms with Gasteiger partial charge in [0.15, 0.2) is 17.3 Å². The highest BCUT2D eigenvalue weighted by molar-refractivity contribution is 5.52. The summed E-state index contributed by atoms with van der Waals surface area (Å²) < 4.78 is 18.2. The highest BCUT2D eigenvalue weighted by atomic mass is 19.1. The zero-order chi connectivity index (χ0) is 11.2. The number of hydrogen-bond acceptors (Lipinski definition) is 3. The Kier molecular flexibility index (Phi) is 2.12. The zero-order valence-electron chi connectivity index (χ0n) is 8.67. The topological polar surface area (TPSA) is 49.7 Å². The molecule has 1 aromatic rings. The molecule has 0 bridgehead atoms. The van der Waals surface area contributed by atoms with Gasteiger partial charge in [-0.3, -0.25) is 0 Å². The molecule has 3 nitrogen and oxygen atoms in total. The smallest absolute Gasteiger partial charge is 0.196 e. The number of halogens is 1. The molecule has 82 valence electrons. The van der Waals surface area contributed by atoms with Crippen molar-refractivity contribution in [2.45, 2.75) is 25.4 Å². The summed E-state index contributed by atoms with van der Waals surface area (Å²) in [6, 6.07) is 1.24. The first-order valence-corrected chi connectivity index (χ1v) is 4.78. The first-order chi connectivity index (χ1) is 6.99. The van der Waals surface area contributed by atoms with Crippen molar-refractivity contribution in [2.75, 3.05) is 7.11 Å². The highest BCUT2D eigenvalue weighted by Gasteiger charge is 2.44. The van der Waals surface area contributed by atoms with Crippen LogP contribution in [0.2, 0.25) is 0 Å². The van der Waals surface area contributed by atoms with Crippen LogP contribution in [0.4, 0.5) is 4.39 Å². The number of ether oxygens (including phenoxy) is 1. The molecule has 0 unspecified atom stereocenters. The van der Waals surface area contributed by atoms with E-state index in [4.69, 9.17) is 4.74 Å². The largest absolute Gasteiger partial charge is 0.504 e. The van der Waals surface area contributed by atoms with Crippen molar-refractivity contribution in [3.05, 3.63) is 23.0 Å². The second-order valence-electron chi connectivity index (χ2n) is 3.94. The number of benzene rings is 1. The number of phenolic OH excluding ortho intramolecular Hbond substituents is 1. The molecule has 15 heavy (non-hydrogen) atoms. The third kappa shape index (κ3) is 1.45. The molecule has 1 aromatic carbocycles. The second kappa shape index (κ2) is 3.10. The number of methoxy groups -OCH3 is 1. The van der Waals surface area contributed by atoms with E-state index in [0.29, 0.717) is 24.0 Å². The van der Waals surface area contributed by atoms with E-state index in [9.17, 15) is 14.6 Å². The quantitative estimate of drug-likeness (QED) is 0.786. The monoisotopic (exact) mass is 212 g/mol. The Morgan fingerprint density at radius 2 is 2.07 bits per heavy atom. The van der Waals surface area contributed by atoms with Crippen LogP contribution < -0.4 is 4.74 Å². The summed E-state index contributed by atoms with van der Waals surface area (Å²) in [5.74, 6) is -1.04. The van der Waals surface area contributed by atoms with Crippen molar-refractivity contribution >= 4 is 0 Å². The van der Waals surface area contributed by atoms with Crippen LogP contribution in [0.25, 0.3) is 0 Å². The van der Waals surface area contributed by atoms with Gasteiger partial charge in [-0.2, -0.15) is 0 Å². The Morgan fingerprint density at radius 1 is 1.47 bits per heavy atom. The first-order valence-electron chi connectivity index (χ1n) is 4.78. The van der Waals surface area contributed by atoms with E-state index in [1.807, 2.05) is 0 Å². The molecule has 0 spiro atoms. The van der Waals surface area contributed by atoms with Crippen LogP contribution in [0, 0.1) is 12.7 Å². The number of aliphatic hydroxyl groups is 1. The van der Waals surface area contributed by atoms with E-state index in [-0.39, 0.29) is 11.5 Å². The van der Waals surface area contributed by atoms with Gasteiger partial charge in [0.2, 0.25) is 0 Å². The normalized spacial score (nSPS) is 17.6. The Balaban J connectivity index is 2.59. The summed E-state index contributed by atoms with van der Waals surface area (Å²) in [5, 5.41) is 19.5. The fourth-order valence-electron chi connectivity index (χ4n) is 1.78. The van der Waals surface area contributed by atoms with Gasteiger partial charge >= 0.3 is 0 Å². The molecule has 0 aromatic heterocycles. The molecule has 0 amide bonds. The minimum absolute atomic E-state index is 0.166. The van der Waals surface area contributed by atoms with Gasteiger partial charge in [0.1, 0.15) is 0 Å². The maximum Gasteiger partial charge on any atom is 0.196 e. The van der Waals surface area contributed by atoms with Crippen molar-refractivity contribution in [1.82, 2.24) is 0 Å². The van der Waals surface area contributed by atoms with Crippen LogP contribution in [0.15, 0.2) is 6.07 Å². The Morgan fingerprint density at radius 3 is 2.53 bits per heavy atom. The maximum atomic E-state index is 13.5. The van der Waals surface area contributed by atoms with Crippen molar-refractivity contribution < 1.29 is 19.3 Å². The lowest BCUT2D eigenvalue weighted by atomic mass is 10.00. The molecule has 0 radical (unpaired) electrons. The van der Waals surface area contributed by atoms with Crippen molar-refractivity contribution in [3.63, 3.8) is 0 Å². The van der Waals surface area contributed by atoms with Crippen LogP contribution in [-0.2, 0) is 5.60 Å². The third-order valence-corrected chi connectivity index (χ3v) is 2.89. The molecule has 0 atom stereocenters. The Bertz CT molecular complexity index is 411. The Hall–Kier alpha value is -1.29. The number of rotatable bonds is 2. The average molecular weight is 212 g/mol. The van der Waals surface area contributed by atoms with Gasteiger partial charge in [0.05, 0.1) is 12.7 Å². The molecule has 4 heteroatoms. The van der Waals surface area contributed by atoms with Crippen LogP contribution in [0.1, 0.15) is 24.0 Å². The van der Waals surface area contributed by atoms with E-state index in [1.165, 1.54) is 13.2 Å². The van der Waals surface area contributed by atoms with Gasteiger partial charge in [-0.25, -0.2) is 4.39 Å². The van der Waals surface area contributed by atoms with Crippen LogP contribution in [0.3, 0.4) is 0 Å². The molecule has 1 aliphatic carbocycles. The van der Waals surface area contributed by atoms with Gasteiger partial charge in [0.25, 0.3) is 0 Å². The van der Waals surface area contributed by atoms with Gasteiger partial charge in [-0.15, -0.1) is 0 Å². The number of hydrogen-bond donors (Lipinski definition) is 2. The van der Waals surface area contributed by atoms with Crippen molar-refractivity contribution in [1.29, 1.82) is 0 Å². The summed E-state index contributed by atoms with van der Waals surface area (Å²) in [6.45, 7) is 1.64. The van der Waals surface area contributed by atoms with E-state index < -0.39 is 11.4 Å². The Labute approximate surface area is 87.1 Å². The van der Waals surface area contributed by atoms with E-state index in [1.54, 1.807) is 6.92 Å². The molecule has 0 saturated heterocycles. The van der Waals surface area contributed by atoms with Crippen LogP contribution >= 0.6 is 0 Å². The second-order valence-corrected chi connectivity index (χ2v) is 3.94. The van der Waals surface area contributed by atoms with Crippen molar-refractivity contribution in [2.24, 2.45) is 0 Å². The standard InChI is InChI=1S/C11H13FO3/c1-6-7(11(14)3-4-11)5-8(12)10(15-2)9(6)13/h5,13-14H,3-4H2,1-2H3. The average Bonchev–Trinajstić information content (AvgIpc) is 2.92. The molecular weight excluding hydrogens is 199 g/mol. The molecule has 2 rings (SSSR count). The zero-order valence-corrected chi connectivity index (χ0v) is 8.67. The SMILES string of the molecule is COc1c(F)cc(C2(O)CC2)c(C)c1O. The molecule has 1 aliphatic rings. The third-order valence-electron chi connectivity index (χ3n) is 2.89. The molecule has 0 aliphatic heterocycles. The summed E-state index contributed by atoms with van der Waals surface area (Å²) in [6.07, 6.45) is 1.22. The van der Waals surface area contributed by atoms with Gasteiger partial charge in [-0.1, -0.05) is 0 Å². The van der Waals surface area contributed by atoms with Crippen LogP contribution in [-0.4, -0.2) is 17.3 Å². The summed E-state index contributed by atoms with van der Waals surface area (Å²) >= 11 is 0. The van der Waals surface area contributed by atoms with Gasteiger partial charge < -0.3 is 14.9 Å². The van der Waals surface area contributed by atoms with Gasteiger partial charge in [0, 0.05) is 5.56 Å². The summed E-state index contributed by atoms with van der Waals surface area (Å²) in [4.78, 5) is 0. The van der Waals surface area contributed by atoms with Crippen molar-refractivity contribution in [3.8, 4) is 11.5 Å². The predicted octanol–water partition coefficient (Wildman–Crippen LogP) is 1.83. The molecule has 0 heterocycles. The highest BCUT2D eigenvalue weighted by Crippen LogP contribution is 2.49. The van der Waals surface area contributed by atoms with E-state index in [2.05, 4.69) is 0 Å². The predicted molar refractivity (Wildman–Crippen MR) is 52.5 cm³/mol. The minimum Gasteiger partial charge on any atom is -0.504 e. The summed E-state index contributed by atoms with van der Waals surface area (Å²) in [7, 11) is 1.29. The first kappa shape index (κ1) is 10.2. The molecular formula is C11H13FO3. The molecule has 1 fully saturated rings. The summed E-state index contributed by atoms with van der Waals surface area (Å²) in [5.41, 5.74) is -0.0131. The lowest BCUT2D eigenvalue weighted by Crippen LogP contribution is -2.08. The van der Waals surface area contributed by atoms with Crippen LogP contribution in [0.5, 0.6) is 11.5 Å².